The lowest BCUT2D eigenvalue weighted by Crippen LogP contribution is -1.94. The molecule has 0 aliphatic heterocycles. The minimum atomic E-state index is 0.318. The summed E-state index contributed by atoms with van der Waals surface area (Å²) in [5, 5.41) is 9.26. The van der Waals surface area contributed by atoms with E-state index in [2.05, 4.69) is 41.1 Å². The van der Waals surface area contributed by atoms with Crippen molar-refractivity contribution in [1.29, 1.82) is 0 Å². The van der Waals surface area contributed by atoms with Crippen LogP contribution in [0.15, 0.2) is 46.9 Å². The van der Waals surface area contributed by atoms with Crippen LogP contribution in [0.25, 0.3) is 0 Å². The van der Waals surface area contributed by atoms with Crippen molar-refractivity contribution < 1.29 is 5.11 Å². The van der Waals surface area contributed by atoms with Gasteiger partial charge in [0.05, 0.1) is 0 Å². The molecule has 1 nitrogen and oxygen atoms in total. The molecule has 0 saturated carbocycles. The van der Waals surface area contributed by atoms with E-state index in [0.29, 0.717) is 5.75 Å². The predicted octanol–water partition coefficient (Wildman–Crippen LogP) is 4.31. The van der Waals surface area contributed by atoms with Crippen molar-refractivity contribution in [1.82, 2.24) is 0 Å². The summed E-state index contributed by atoms with van der Waals surface area (Å²) in [6.45, 7) is 2.17. The highest BCUT2D eigenvalue weighted by atomic mass is 79.9. The maximum atomic E-state index is 9.26. The van der Waals surface area contributed by atoms with Gasteiger partial charge in [0.25, 0.3) is 0 Å². The highest BCUT2D eigenvalue weighted by Crippen LogP contribution is 2.21. The quantitative estimate of drug-likeness (QED) is 0.893. The zero-order chi connectivity index (χ0) is 12.3. The first-order chi connectivity index (χ1) is 8.19. The lowest BCUT2D eigenvalue weighted by atomic mass is 9.98. The van der Waals surface area contributed by atoms with Crippen LogP contribution in [0.1, 0.15) is 23.6 Å². The van der Waals surface area contributed by atoms with Crippen molar-refractivity contribution in [3.8, 4) is 5.75 Å². The number of aromatic hydroxyl groups is 1. The Hall–Kier alpha value is -1.28. The fourth-order valence-corrected chi connectivity index (χ4v) is 2.35. The van der Waals surface area contributed by atoms with Gasteiger partial charge in [0.1, 0.15) is 5.75 Å². The van der Waals surface area contributed by atoms with Crippen molar-refractivity contribution in [3.05, 3.63) is 63.6 Å². The van der Waals surface area contributed by atoms with Gasteiger partial charge in [0.2, 0.25) is 0 Å². The topological polar surface area (TPSA) is 20.2 Å². The summed E-state index contributed by atoms with van der Waals surface area (Å²) in [6, 6.07) is 13.8. The molecule has 0 atom stereocenters. The van der Waals surface area contributed by atoms with Gasteiger partial charge in [-0.25, -0.2) is 0 Å². The molecule has 2 heteroatoms. The summed E-state index contributed by atoms with van der Waals surface area (Å²) < 4.78 is 1.11. The summed E-state index contributed by atoms with van der Waals surface area (Å²) in [7, 11) is 0. The lowest BCUT2D eigenvalue weighted by Gasteiger charge is -2.09. The summed E-state index contributed by atoms with van der Waals surface area (Å²) in [6.07, 6.45) is 1.95. The number of phenols is 1. The van der Waals surface area contributed by atoms with E-state index in [0.717, 1.165) is 17.3 Å². The first kappa shape index (κ1) is 12.2. The molecule has 0 fully saturated rings. The van der Waals surface area contributed by atoms with E-state index in [9.17, 15) is 5.11 Å². The van der Waals surface area contributed by atoms with E-state index in [4.69, 9.17) is 0 Å². The normalized spacial score (nSPS) is 10.5. The molecule has 88 valence electrons. The van der Waals surface area contributed by atoms with Crippen LogP contribution in [-0.4, -0.2) is 5.11 Å². The third-order valence-corrected chi connectivity index (χ3v) is 3.37. The van der Waals surface area contributed by atoms with Crippen LogP contribution in [0.3, 0.4) is 0 Å². The van der Waals surface area contributed by atoms with Gasteiger partial charge in [-0.1, -0.05) is 41.1 Å². The molecule has 0 radical (unpaired) electrons. The average molecular weight is 291 g/mol. The number of hydrogen-bond acceptors (Lipinski definition) is 1. The van der Waals surface area contributed by atoms with E-state index < -0.39 is 0 Å². The van der Waals surface area contributed by atoms with Crippen molar-refractivity contribution >= 4 is 15.9 Å². The van der Waals surface area contributed by atoms with E-state index in [-0.39, 0.29) is 0 Å². The van der Waals surface area contributed by atoms with Gasteiger partial charge in [-0.2, -0.15) is 0 Å². The molecule has 0 saturated heterocycles. The molecule has 1 N–H and O–H groups in total. The number of aryl methyl sites for hydroxylation is 1. The minimum Gasteiger partial charge on any atom is -0.508 e. The smallest absolute Gasteiger partial charge is 0.115 e. The maximum absolute atomic E-state index is 9.26. The van der Waals surface area contributed by atoms with E-state index in [1.165, 1.54) is 16.7 Å². The number of rotatable bonds is 3. The summed E-state index contributed by atoms with van der Waals surface area (Å²) >= 11 is 3.51. The molecular formula is C15H15BrO. The molecular weight excluding hydrogens is 276 g/mol. The summed E-state index contributed by atoms with van der Waals surface area (Å²) in [4.78, 5) is 0. The fraction of sp³-hybridized carbons (Fsp3) is 0.200. The second-order valence-corrected chi connectivity index (χ2v) is 5.03. The molecule has 0 amide bonds. The Kier molecular flexibility index (Phi) is 3.85. The fourth-order valence-electron chi connectivity index (χ4n) is 1.94. The monoisotopic (exact) mass is 290 g/mol. The Morgan fingerprint density at radius 1 is 1.00 bits per heavy atom. The second-order valence-electron chi connectivity index (χ2n) is 4.11. The summed E-state index contributed by atoms with van der Waals surface area (Å²) in [5.74, 6) is 0.318. The Morgan fingerprint density at radius 3 is 2.35 bits per heavy atom. The van der Waals surface area contributed by atoms with Crippen molar-refractivity contribution in [2.45, 2.75) is 19.8 Å². The Bertz CT molecular complexity index is 503. The molecule has 0 aliphatic rings. The van der Waals surface area contributed by atoms with Gasteiger partial charge in [-0.15, -0.1) is 0 Å². The van der Waals surface area contributed by atoms with Crippen molar-refractivity contribution in [2.75, 3.05) is 0 Å². The van der Waals surface area contributed by atoms with Crippen LogP contribution in [0.5, 0.6) is 5.75 Å². The SMILES string of the molecule is CCc1ccc(Br)cc1Cc1ccc(O)cc1. The molecule has 17 heavy (non-hydrogen) atoms. The third-order valence-electron chi connectivity index (χ3n) is 2.88. The number of hydrogen-bond donors (Lipinski definition) is 1. The first-order valence-corrected chi connectivity index (χ1v) is 6.53. The Labute approximate surface area is 110 Å². The molecule has 2 aromatic carbocycles. The molecule has 0 heterocycles. The van der Waals surface area contributed by atoms with Crippen LogP contribution in [0.4, 0.5) is 0 Å². The zero-order valence-electron chi connectivity index (χ0n) is 9.78. The highest BCUT2D eigenvalue weighted by Gasteiger charge is 2.03. The van der Waals surface area contributed by atoms with Crippen LogP contribution < -0.4 is 0 Å². The second kappa shape index (κ2) is 5.37. The van der Waals surface area contributed by atoms with Crippen LogP contribution >= 0.6 is 15.9 Å². The molecule has 0 unspecified atom stereocenters. The molecule has 0 aromatic heterocycles. The standard InChI is InChI=1S/C15H15BrO/c1-2-12-5-6-14(16)10-13(12)9-11-3-7-15(17)8-4-11/h3-8,10,17H,2,9H2,1H3. The Morgan fingerprint density at radius 2 is 1.71 bits per heavy atom. The van der Waals surface area contributed by atoms with Gasteiger partial charge < -0.3 is 5.11 Å². The number of phenolic OH excluding ortho intramolecular Hbond substituents is 1. The zero-order valence-corrected chi connectivity index (χ0v) is 11.4. The Balaban J connectivity index is 2.28. The molecule has 2 aromatic rings. The lowest BCUT2D eigenvalue weighted by molar-refractivity contribution is 0.475. The van der Waals surface area contributed by atoms with Gasteiger partial charge in [-0.05, 0) is 53.8 Å². The minimum absolute atomic E-state index is 0.318. The van der Waals surface area contributed by atoms with Gasteiger partial charge in [0.15, 0.2) is 0 Å². The molecule has 0 spiro atoms. The predicted molar refractivity (Wildman–Crippen MR) is 74.4 cm³/mol. The van der Waals surface area contributed by atoms with Gasteiger partial charge >= 0.3 is 0 Å². The summed E-state index contributed by atoms with van der Waals surface area (Å²) in [5.41, 5.74) is 3.93. The van der Waals surface area contributed by atoms with E-state index in [1.54, 1.807) is 12.1 Å². The van der Waals surface area contributed by atoms with E-state index >= 15 is 0 Å². The first-order valence-electron chi connectivity index (χ1n) is 5.74. The largest absolute Gasteiger partial charge is 0.508 e. The van der Waals surface area contributed by atoms with Crippen LogP contribution in [0, 0.1) is 0 Å². The van der Waals surface area contributed by atoms with Crippen molar-refractivity contribution in [3.63, 3.8) is 0 Å². The average Bonchev–Trinajstić information content (AvgIpc) is 2.32. The number of halogens is 1. The van der Waals surface area contributed by atoms with E-state index in [1.807, 2.05) is 12.1 Å². The highest BCUT2D eigenvalue weighted by molar-refractivity contribution is 9.10. The maximum Gasteiger partial charge on any atom is 0.115 e. The third kappa shape index (κ3) is 3.10. The molecule has 2 rings (SSSR count). The molecule has 0 aliphatic carbocycles. The number of benzene rings is 2. The van der Waals surface area contributed by atoms with Crippen LogP contribution in [-0.2, 0) is 12.8 Å². The van der Waals surface area contributed by atoms with Gasteiger partial charge in [0, 0.05) is 4.47 Å². The van der Waals surface area contributed by atoms with Gasteiger partial charge in [-0.3, -0.25) is 0 Å². The molecule has 0 bridgehead atoms. The van der Waals surface area contributed by atoms with Crippen LogP contribution in [0.2, 0.25) is 0 Å². The van der Waals surface area contributed by atoms with Crippen molar-refractivity contribution in [2.24, 2.45) is 0 Å².